The Morgan fingerprint density at radius 2 is 1.85 bits per heavy atom. The molecular formula is C17H27ClN2O5S. The second-order valence-electron chi connectivity index (χ2n) is 6.25. The summed E-state index contributed by atoms with van der Waals surface area (Å²) in [5, 5.41) is 3.28. The summed E-state index contributed by atoms with van der Waals surface area (Å²) in [6.07, 6.45) is 1.70. The van der Waals surface area contributed by atoms with E-state index in [1.807, 2.05) is 0 Å². The van der Waals surface area contributed by atoms with Crippen LogP contribution in [0.5, 0.6) is 0 Å². The molecule has 148 valence electrons. The quantitative estimate of drug-likeness (QED) is 0.636. The third-order valence-corrected chi connectivity index (χ3v) is 5.84. The maximum Gasteiger partial charge on any atom is 0.338 e. The summed E-state index contributed by atoms with van der Waals surface area (Å²) in [5.74, 6) is -0.465. The average molecular weight is 407 g/mol. The zero-order valence-electron chi connectivity index (χ0n) is 15.1. The lowest BCUT2D eigenvalue weighted by atomic mass is 9.80. The number of hydrogen-bond acceptors (Lipinski definition) is 6. The fourth-order valence-corrected chi connectivity index (χ4v) is 4.11. The van der Waals surface area contributed by atoms with Crippen molar-refractivity contribution in [1.29, 1.82) is 0 Å². The summed E-state index contributed by atoms with van der Waals surface area (Å²) in [6, 6.07) is 5.75. The lowest BCUT2D eigenvalue weighted by Gasteiger charge is -2.37. The second-order valence-corrected chi connectivity index (χ2v) is 8.02. The smallest absolute Gasteiger partial charge is 0.338 e. The number of benzene rings is 1. The van der Waals surface area contributed by atoms with Crippen LogP contribution in [0.3, 0.4) is 0 Å². The zero-order chi connectivity index (χ0) is 18.3. The lowest BCUT2D eigenvalue weighted by Crippen LogP contribution is -2.47. The summed E-state index contributed by atoms with van der Waals surface area (Å²) < 4.78 is 38.0. The van der Waals surface area contributed by atoms with Crippen molar-refractivity contribution in [3.05, 3.63) is 29.8 Å². The number of rotatable bonds is 8. The Hall–Kier alpha value is -1.19. The van der Waals surface area contributed by atoms with Crippen molar-refractivity contribution in [3.8, 4) is 0 Å². The molecule has 9 heteroatoms. The van der Waals surface area contributed by atoms with Crippen LogP contribution in [0.15, 0.2) is 29.2 Å². The van der Waals surface area contributed by atoms with Gasteiger partial charge in [0, 0.05) is 19.1 Å². The molecule has 2 N–H and O–H groups in total. The predicted octanol–water partition coefficient (Wildman–Crippen LogP) is 1.58. The van der Waals surface area contributed by atoms with Crippen molar-refractivity contribution in [2.24, 2.45) is 5.41 Å². The molecule has 26 heavy (non-hydrogen) atoms. The van der Waals surface area contributed by atoms with Crippen molar-refractivity contribution in [3.63, 3.8) is 0 Å². The number of methoxy groups -OCH3 is 1. The number of halogens is 1. The van der Waals surface area contributed by atoms with Gasteiger partial charge < -0.3 is 14.8 Å². The Kier molecular flexibility index (Phi) is 8.99. The predicted molar refractivity (Wildman–Crippen MR) is 101 cm³/mol. The van der Waals surface area contributed by atoms with Crippen molar-refractivity contribution < 1.29 is 22.7 Å². The summed E-state index contributed by atoms with van der Waals surface area (Å²) in [4.78, 5) is 11.8. The molecule has 1 saturated heterocycles. The van der Waals surface area contributed by atoms with Crippen LogP contribution in [0.2, 0.25) is 0 Å². The number of nitrogens with one attached hydrogen (secondary N) is 2. The molecule has 2 rings (SSSR count). The van der Waals surface area contributed by atoms with E-state index in [4.69, 9.17) is 9.47 Å². The maximum atomic E-state index is 12.5. The van der Waals surface area contributed by atoms with Gasteiger partial charge in [-0.1, -0.05) is 0 Å². The van der Waals surface area contributed by atoms with Crippen LogP contribution in [0.25, 0.3) is 0 Å². The Balaban J connectivity index is 0.00000338. The molecule has 1 aromatic rings. The molecule has 1 fully saturated rings. The van der Waals surface area contributed by atoms with Gasteiger partial charge in [0.25, 0.3) is 0 Å². The van der Waals surface area contributed by atoms with Crippen LogP contribution in [0.4, 0.5) is 0 Å². The standard InChI is InChI=1S/C17H26N2O5S.ClH/c1-3-24-16(20)14-4-6-15(7-5-14)25(21,22)19-12-17(13-23-2)8-10-18-11-9-17;/h4-7,18-19H,3,8-13H2,1-2H3;1H. The highest BCUT2D eigenvalue weighted by Crippen LogP contribution is 2.28. The Morgan fingerprint density at radius 3 is 2.38 bits per heavy atom. The molecule has 1 heterocycles. The van der Waals surface area contributed by atoms with Gasteiger partial charge in [-0.25, -0.2) is 17.9 Å². The molecule has 0 unspecified atom stereocenters. The van der Waals surface area contributed by atoms with Gasteiger partial charge in [-0.15, -0.1) is 12.4 Å². The van der Waals surface area contributed by atoms with Crippen molar-refractivity contribution in [1.82, 2.24) is 10.0 Å². The van der Waals surface area contributed by atoms with Gasteiger partial charge in [0.05, 0.1) is 23.7 Å². The van der Waals surface area contributed by atoms with E-state index in [-0.39, 0.29) is 29.3 Å². The average Bonchev–Trinajstić information content (AvgIpc) is 2.62. The topological polar surface area (TPSA) is 93.7 Å². The van der Waals surface area contributed by atoms with Crippen molar-refractivity contribution in [2.45, 2.75) is 24.7 Å². The highest BCUT2D eigenvalue weighted by molar-refractivity contribution is 7.89. The molecule has 0 atom stereocenters. The van der Waals surface area contributed by atoms with Crippen LogP contribution in [0, 0.1) is 5.41 Å². The SMILES string of the molecule is CCOC(=O)c1ccc(S(=O)(=O)NCC2(COC)CCNCC2)cc1.Cl. The summed E-state index contributed by atoms with van der Waals surface area (Å²) in [5.41, 5.74) is 0.132. The number of esters is 1. The van der Waals surface area contributed by atoms with Crippen LogP contribution >= 0.6 is 12.4 Å². The van der Waals surface area contributed by atoms with Crippen LogP contribution in [-0.4, -0.2) is 54.3 Å². The second kappa shape index (κ2) is 10.2. The van der Waals surface area contributed by atoms with Gasteiger partial charge in [-0.2, -0.15) is 0 Å². The minimum atomic E-state index is -3.65. The van der Waals surface area contributed by atoms with E-state index in [0.29, 0.717) is 18.7 Å². The zero-order valence-corrected chi connectivity index (χ0v) is 16.7. The molecule has 0 aliphatic carbocycles. The van der Waals surface area contributed by atoms with Crippen LogP contribution < -0.4 is 10.0 Å². The van der Waals surface area contributed by atoms with E-state index < -0.39 is 16.0 Å². The monoisotopic (exact) mass is 406 g/mol. The fraction of sp³-hybridized carbons (Fsp3) is 0.588. The van der Waals surface area contributed by atoms with E-state index in [1.165, 1.54) is 24.3 Å². The molecule has 1 aliphatic rings. The minimum absolute atomic E-state index is 0. The molecule has 0 aromatic heterocycles. The van der Waals surface area contributed by atoms with E-state index in [1.54, 1.807) is 14.0 Å². The van der Waals surface area contributed by atoms with Gasteiger partial charge in [-0.05, 0) is 57.1 Å². The van der Waals surface area contributed by atoms with Crippen LogP contribution in [-0.2, 0) is 19.5 Å². The maximum absolute atomic E-state index is 12.5. The molecule has 1 aliphatic heterocycles. The third kappa shape index (κ3) is 5.92. The van der Waals surface area contributed by atoms with Gasteiger partial charge in [0.15, 0.2) is 0 Å². The van der Waals surface area contributed by atoms with Gasteiger partial charge in [-0.3, -0.25) is 0 Å². The molecule has 0 spiro atoms. The Labute approximate surface area is 161 Å². The molecule has 0 saturated carbocycles. The first-order valence-corrected chi connectivity index (χ1v) is 9.87. The van der Waals surface area contributed by atoms with Gasteiger partial charge in [0.2, 0.25) is 10.0 Å². The molecule has 0 radical (unpaired) electrons. The van der Waals surface area contributed by atoms with Crippen LogP contribution in [0.1, 0.15) is 30.1 Å². The molecule has 0 amide bonds. The third-order valence-electron chi connectivity index (χ3n) is 4.43. The fourth-order valence-electron chi connectivity index (χ4n) is 2.95. The molecular weight excluding hydrogens is 380 g/mol. The first kappa shape index (κ1) is 22.9. The van der Waals surface area contributed by atoms with E-state index >= 15 is 0 Å². The number of sulfonamides is 1. The number of carbonyl (C=O) groups is 1. The van der Waals surface area contributed by atoms with Gasteiger partial charge in [0.1, 0.15) is 0 Å². The first-order valence-electron chi connectivity index (χ1n) is 8.39. The van der Waals surface area contributed by atoms with Gasteiger partial charge >= 0.3 is 5.97 Å². The largest absolute Gasteiger partial charge is 0.462 e. The lowest BCUT2D eigenvalue weighted by molar-refractivity contribution is 0.0526. The molecule has 0 bridgehead atoms. The normalized spacial score (nSPS) is 16.5. The summed E-state index contributed by atoms with van der Waals surface area (Å²) in [6.45, 7) is 4.52. The number of carbonyl (C=O) groups excluding carboxylic acids is 1. The molecule has 7 nitrogen and oxygen atoms in total. The van der Waals surface area contributed by atoms with E-state index in [2.05, 4.69) is 10.0 Å². The highest BCUT2D eigenvalue weighted by atomic mass is 35.5. The van der Waals surface area contributed by atoms with E-state index in [0.717, 1.165) is 25.9 Å². The number of hydrogen-bond donors (Lipinski definition) is 2. The Morgan fingerprint density at radius 1 is 1.23 bits per heavy atom. The Bertz CT molecular complexity index is 667. The van der Waals surface area contributed by atoms with Crippen molar-refractivity contribution >= 4 is 28.4 Å². The number of ether oxygens (including phenoxy) is 2. The first-order chi connectivity index (χ1) is 11.9. The van der Waals surface area contributed by atoms with E-state index in [9.17, 15) is 13.2 Å². The number of piperidine rings is 1. The minimum Gasteiger partial charge on any atom is -0.462 e. The molecule has 1 aromatic carbocycles. The summed E-state index contributed by atoms with van der Waals surface area (Å²) in [7, 11) is -2.02. The highest BCUT2D eigenvalue weighted by Gasteiger charge is 2.33. The summed E-state index contributed by atoms with van der Waals surface area (Å²) >= 11 is 0. The van der Waals surface area contributed by atoms with Crippen molar-refractivity contribution in [2.75, 3.05) is 40.0 Å².